The highest BCUT2D eigenvalue weighted by atomic mass is 79.9. The molecule has 0 aliphatic rings. The Hall–Kier alpha value is -2.67. The normalized spacial score (nSPS) is 10.5. The van der Waals surface area contributed by atoms with E-state index >= 15 is 0 Å². The maximum absolute atomic E-state index is 12.0. The molecular weight excluding hydrogens is 376 g/mol. The zero-order valence-corrected chi connectivity index (χ0v) is 14.7. The number of ether oxygens (including phenoxy) is 2. The molecule has 2 aromatic rings. The summed E-state index contributed by atoms with van der Waals surface area (Å²) < 4.78 is 10.9. The predicted molar refractivity (Wildman–Crippen MR) is 93.5 cm³/mol. The maximum Gasteiger partial charge on any atom is 0.308 e. The van der Waals surface area contributed by atoms with Crippen LogP contribution in [0.5, 0.6) is 11.5 Å². The Balaban J connectivity index is 2.08. The highest BCUT2D eigenvalue weighted by molar-refractivity contribution is 9.10. The highest BCUT2D eigenvalue weighted by Gasteiger charge is 2.07. The summed E-state index contributed by atoms with van der Waals surface area (Å²) in [7, 11) is 1.55. The van der Waals surface area contributed by atoms with Crippen molar-refractivity contribution in [3.63, 3.8) is 0 Å². The third-order valence-corrected chi connectivity index (χ3v) is 3.44. The van der Waals surface area contributed by atoms with Crippen LogP contribution in [0.1, 0.15) is 22.8 Å². The monoisotopic (exact) mass is 390 g/mol. The van der Waals surface area contributed by atoms with Crippen molar-refractivity contribution in [2.45, 2.75) is 6.92 Å². The number of nitrogens with zero attached hydrogens (tertiary/aromatic N) is 1. The number of carbonyl (C=O) groups is 2. The molecule has 0 atom stereocenters. The van der Waals surface area contributed by atoms with Crippen molar-refractivity contribution in [3.05, 3.63) is 58.1 Å². The Bertz CT molecular complexity index is 773. The molecule has 124 valence electrons. The van der Waals surface area contributed by atoms with Crippen molar-refractivity contribution in [2.24, 2.45) is 5.10 Å². The third kappa shape index (κ3) is 4.92. The first-order valence-electron chi connectivity index (χ1n) is 6.95. The number of hydrazone groups is 1. The fourth-order valence-electron chi connectivity index (χ4n) is 1.84. The van der Waals surface area contributed by atoms with E-state index in [9.17, 15) is 9.59 Å². The number of esters is 1. The van der Waals surface area contributed by atoms with Gasteiger partial charge in [-0.05, 0) is 42.5 Å². The van der Waals surface area contributed by atoms with E-state index in [4.69, 9.17) is 9.47 Å². The summed E-state index contributed by atoms with van der Waals surface area (Å²) >= 11 is 3.33. The summed E-state index contributed by atoms with van der Waals surface area (Å²) in [6.07, 6.45) is 1.41. The Labute approximate surface area is 147 Å². The first-order valence-corrected chi connectivity index (χ1v) is 7.74. The van der Waals surface area contributed by atoms with Gasteiger partial charge in [0.15, 0.2) is 0 Å². The van der Waals surface area contributed by atoms with Gasteiger partial charge < -0.3 is 9.47 Å². The first kappa shape index (κ1) is 17.7. The molecule has 7 heteroatoms. The molecule has 0 aliphatic carbocycles. The zero-order valence-electron chi connectivity index (χ0n) is 13.1. The van der Waals surface area contributed by atoms with Crippen LogP contribution in [0.4, 0.5) is 0 Å². The first-order chi connectivity index (χ1) is 11.5. The van der Waals surface area contributed by atoms with Crippen LogP contribution in [0.15, 0.2) is 52.0 Å². The van der Waals surface area contributed by atoms with Crippen molar-refractivity contribution in [1.82, 2.24) is 5.43 Å². The molecule has 1 N–H and O–H groups in total. The molecule has 0 aromatic heterocycles. The lowest BCUT2D eigenvalue weighted by atomic mass is 10.2. The van der Waals surface area contributed by atoms with E-state index < -0.39 is 5.97 Å². The number of hydrogen-bond donors (Lipinski definition) is 1. The third-order valence-electron chi connectivity index (χ3n) is 2.95. The standard InChI is InChI=1S/C17H15BrN2O4/c1-11(21)24-16-8-5-14(18)9-13(16)10-19-20-17(22)12-3-6-15(23-2)7-4-12/h3-10H,1-2H3,(H,20,22)/b19-10-. The van der Waals surface area contributed by atoms with Gasteiger partial charge in [0.05, 0.1) is 13.3 Å². The molecular formula is C17H15BrN2O4. The molecule has 24 heavy (non-hydrogen) atoms. The molecule has 0 heterocycles. The summed E-state index contributed by atoms with van der Waals surface area (Å²) in [6.45, 7) is 1.31. The van der Waals surface area contributed by atoms with Gasteiger partial charge in [0.1, 0.15) is 11.5 Å². The lowest BCUT2D eigenvalue weighted by Gasteiger charge is -2.06. The van der Waals surface area contributed by atoms with Crippen LogP contribution < -0.4 is 14.9 Å². The lowest BCUT2D eigenvalue weighted by Crippen LogP contribution is -2.17. The van der Waals surface area contributed by atoms with Gasteiger partial charge in [0.25, 0.3) is 5.91 Å². The van der Waals surface area contributed by atoms with E-state index in [2.05, 4.69) is 26.5 Å². The number of benzene rings is 2. The number of amides is 1. The van der Waals surface area contributed by atoms with Crippen LogP contribution in [-0.2, 0) is 4.79 Å². The molecule has 1 amide bonds. The van der Waals surface area contributed by atoms with Gasteiger partial charge in [-0.25, -0.2) is 5.43 Å². The van der Waals surface area contributed by atoms with Crippen molar-refractivity contribution < 1.29 is 19.1 Å². The summed E-state index contributed by atoms with van der Waals surface area (Å²) in [5.41, 5.74) is 3.42. The quantitative estimate of drug-likeness (QED) is 0.368. The molecule has 0 fully saturated rings. The maximum atomic E-state index is 12.0. The van der Waals surface area contributed by atoms with Crippen molar-refractivity contribution in [1.29, 1.82) is 0 Å². The van der Waals surface area contributed by atoms with E-state index in [0.717, 1.165) is 4.47 Å². The fraction of sp³-hybridized carbons (Fsp3) is 0.118. The van der Waals surface area contributed by atoms with Crippen molar-refractivity contribution in [2.75, 3.05) is 7.11 Å². The van der Waals surface area contributed by atoms with Crippen LogP contribution >= 0.6 is 15.9 Å². The molecule has 2 rings (SSSR count). The minimum Gasteiger partial charge on any atom is -0.497 e. The summed E-state index contributed by atoms with van der Waals surface area (Å²) in [5.74, 6) is 0.218. The van der Waals surface area contributed by atoms with Crippen molar-refractivity contribution in [3.8, 4) is 11.5 Å². The SMILES string of the molecule is COc1ccc(C(=O)N/N=C\c2cc(Br)ccc2OC(C)=O)cc1. The highest BCUT2D eigenvalue weighted by Crippen LogP contribution is 2.22. The number of methoxy groups -OCH3 is 1. The molecule has 0 radical (unpaired) electrons. The lowest BCUT2D eigenvalue weighted by molar-refractivity contribution is -0.131. The minimum absolute atomic E-state index is 0.355. The van der Waals surface area contributed by atoms with E-state index in [1.54, 1.807) is 49.6 Å². The number of rotatable bonds is 5. The second kappa shape index (κ2) is 8.26. The van der Waals surface area contributed by atoms with Crippen LogP contribution in [-0.4, -0.2) is 25.2 Å². The number of hydrogen-bond acceptors (Lipinski definition) is 5. The van der Waals surface area contributed by atoms with Gasteiger partial charge in [0.2, 0.25) is 0 Å². The van der Waals surface area contributed by atoms with Gasteiger partial charge in [-0.15, -0.1) is 0 Å². The van der Waals surface area contributed by atoms with Gasteiger partial charge in [-0.3, -0.25) is 9.59 Å². The second-order valence-corrected chi connectivity index (χ2v) is 5.62. The van der Waals surface area contributed by atoms with Crippen LogP contribution in [0.25, 0.3) is 0 Å². The Kier molecular flexibility index (Phi) is 6.08. The molecule has 6 nitrogen and oxygen atoms in total. The molecule has 0 aliphatic heterocycles. The molecule has 0 saturated heterocycles. The van der Waals surface area contributed by atoms with E-state index in [1.807, 2.05) is 0 Å². The molecule has 2 aromatic carbocycles. The Morgan fingerprint density at radius 2 is 1.88 bits per heavy atom. The number of halogens is 1. The minimum atomic E-state index is -0.436. The van der Waals surface area contributed by atoms with Crippen molar-refractivity contribution >= 4 is 34.0 Å². The topological polar surface area (TPSA) is 77.0 Å². The van der Waals surface area contributed by atoms with Gasteiger partial charge in [-0.2, -0.15) is 5.10 Å². The number of carbonyl (C=O) groups excluding carboxylic acids is 2. The smallest absolute Gasteiger partial charge is 0.308 e. The average molecular weight is 391 g/mol. The van der Waals surface area contributed by atoms with E-state index in [-0.39, 0.29) is 5.91 Å². The Morgan fingerprint density at radius 3 is 2.50 bits per heavy atom. The summed E-state index contributed by atoms with van der Waals surface area (Å²) in [4.78, 5) is 23.1. The fourth-order valence-corrected chi connectivity index (χ4v) is 2.21. The summed E-state index contributed by atoms with van der Waals surface area (Å²) in [5, 5.41) is 3.90. The van der Waals surface area contributed by atoms with Gasteiger partial charge >= 0.3 is 5.97 Å². The molecule has 0 unspecified atom stereocenters. The molecule has 0 spiro atoms. The van der Waals surface area contributed by atoms with Crippen LogP contribution in [0.3, 0.4) is 0 Å². The molecule has 0 saturated carbocycles. The van der Waals surface area contributed by atoms with Gasteiger partial charge in [-0.1, -0.05) is 15.9 Å². The van der Waals surface area contributed by atoms with E-state index in [0.29, 0.717) is 22.6 Å². The molecule has 0 bridgehead atoms. The van der Waals surface area contributed by atoms with Crippen LogP contribution in [0.2, 0.25) is 0 Å². The average Bonchev–Trinajstić information content (AvgIpc) is 2.57. The van der Waals surface area contributed by atoms with Crippen LogP contribution in [0, 0.1) is 0 Å². The predicted octanol–water partition coefficient (Wildman–Crippen LogP) is 3.15. The zero-order chi connectivity index (χ0) is 17.5. The second-order valence-electron chi connectivity index (χ2n) is 4.70. The largest absolute Gasteiger partial charge is 0.497 e. The number of nitrogens with one attached hydrogen (secondary N) is 1. The van der Waals surface area contributed by atoms with E-state index in [1.165, 1.54) is 13.1 Å². The summed E-state index contributed by atoms with van der Waals surface area (Å²) in [6, 6.07) is 11.7. The Morgan fingerprint density at radius 1 is 1.17 bits per heavy atom. The van der Waals surface area contributed by atoms with Gasteiger partial charge in [0, 0.05) is 22.5 Å².